The Morgan fingerprint density at radius 1 is 1.00 bits per heavy atom. The molecule has 5 nitrogen and oxygen atoms in total. The molecule has 0 radical (unpaired) electrons. The number of carbonyl (C=O) groups is 2. The molecule has 0 fully saturated rings. The Hall–Kier alpha value is -1.59. The van der Waals surface area contributed by atoms with E-state index in [2.05, 4.69) is 10.6 Å². The molecule has 0 aliphatic carbocycles. The van der Waals surface area contributed by atoms with Crippen LogP contribution in [0.2, 0.25) is 0 Å². The number of halogens is 1. The topological polar surface area (TPSA) is 84.2 Å². The van der Waals surface area contributed by atoms with Crippen molar-refractivity contribution in [2.75, 3.05) is 11.9 Å². The van der Waals surface area contributed by atoms with Crippen LogP contribution < -0.4 is 16.4 Å². The third-order valence-electron chi connectivity index (χ3n) is 4.97. The molecular formula is C19H32ClN3O2. The molecule has 0 atom stereocenters. The normalized spacial score (nSPS) is 11.4. The predicted octanol–water partition coefficient (Wildman–Crippen LogP) is 3.73. The maximum Gasteiger partial charge on any atom is 0.251 e. The summed E-state index contributed by atoms with van der Waals surface area (Å²) in [6, 6.07) is 6.94. The zero-order chi connectivity index (χ0) is 18.4. The molecule has 0 aliphatic heterocycles. The summed E-state index contributed by atoms with van der Waals surface area (Å²) in [7, 11) is 0. The fourth-order valence-electron chi connectivity index (χ4n) is 2.39. The number of nitrogens with two attached hydrogens (primary N) is 1. The monoisotopic (exact) mass is 369 g/mol. The minimum absolute atomic E-state index is 0. The van der Waals surface area contributed by atoms with Gasteiger partial charge < -0.3 is 16.4 Å². The van der Waals surface area contributed by atoms with Crippen molar-refractivity contribution >= 4 is 29.9 Å². The van der Waals surface area contributed by atoms with Gasteiger partial charge in [-0.25, -0.2) is 0 Å². The second-order valence-electron chi connectivity index (χ2n) is 6.91. The van der Waals surface area contributed by atoms with Gasteiger partial charge in [0.2, 0.25) is 5.91 Å². The Kier molecular flexibility index (Phi) is 9.16. The van der Waals surface area contributed by atoms with Crippen molar-refractivity contribution in [2.45, 2.75) is 59.4 Å². The second-order valence-corrected chi connectivity index (χ2v) is 6.91. The van der Waals surface area contributed by atoms with E-state index < -0.39 is 5.41 Å². The summed E-state index contributed by atoms with van der Waals surface area (Å²) in [5.74, 6) is -0.183. The lowest BCUT2D eigenvalue weighted by molar-refractivity contribution is -0.125. The molecule has 1 aromatic rings. The Labute approximate surface area is 157 Å². The van der Waals surface area contributed by atoms with Crippen LogP contribution in [0.5, 0.6) is 0 Å². The van der Waals surface area contributed by atoms with Crippen LogP contribution in [0.15, 0.2) is 24.3 Å². The highest BCUT2D eigenvalue weighted by molar-refractivity contribution is 5.97. The van der Waals surface area contributed by atoms with E-state index in [-0.39, 0.29) is 29.8 Å². The van der Waals surface area contributed by atoms with E-state index in [1.165, 1.54) is 0 Å². The van der Waals surface area contributed by atoms with Crippen LogP contribution in [0.25, 0.3) is 0 Å². The molecule has 0 aromatic heterocycles. The van der Waals surface area contributed by atoms with Gasteiger partial charge in [0.05, 0.1) is 5.41 Å². The summed E-state index contributed by atoms with van der Waals surface area (Å²) >= 11 is 0. The lowest BCUT2D eigenvalue weighted by atomic mass is 9.81. The molecule has 0 aliphatic rings. The molecule has 0 bridgehead atoms. The fourth-order valence-corrected chi connectivity index (χ4v) is 2.39. The minimum Gasteiger partial charge on any atom is -0.347 e. The van der Waals surface area contributed by atoms with Gasteiger partial charge in [0.25, 0.3) is 5.91 Å². The van der Waals surface area contributed by atoms with Crippen LogP contribution in [0, 0.1) is 5.41 Å². The largest absolute Gasteiger partial charge is 0.347 e. The number of amides is 2. The molecule has 4 N–H and O–H groups in total. The second kappa shape index (κ2) is 9.78. The van der Waals surface area contributed by atoms with Crippen LogP contribution in [-0.2, 0) is 4.79 Å². The van der Waals surface area contributed by atoms with Gasteiger partial charge in [0.15, 0.2) is 0 Å². The molecular weight excluding hydrogens is 338 g/mol. The number of rotatable bonds is 8. The molecule has 0 heterocycles. The third-order valence-corrected chi connectivity index (χ3v) is 4.97. The van der Waals surface area contributed by atoms with E-state index in [9.17, 15) is 9.59 Å². The summed E-state index contributed by atoms with van der Waals surface area (Å²) < 4.78 is 0. The number of hydrogen-bond acceptors (Lipinski definition) is 3. The molecule has 142 valence electrons. The van der Waals surface area contributed by atoms with Gasteiger partial charge in [0, 0.05) is 23.3 Å². The highest BCUT2D eigenvalue weighted by Gasteiger charge is 2.33. The average Bonchev–Trinajstić information content (AvgIpc) is 2.57. The Morgan fingerprint density at radius 2 is 1.52 bits per heavy atom. The van der Waals surface area contributed by atoms with Gasteiger partial charge in [-0.3, -0.25) is 9.59 Å². The number of nitrogens with one attached hydrogen (secondary N) is 2. The highest BCUT2D eigenvalue weighted by Crippen LogP contribution is 2.27. The Bertz CT molecular complexity index is 558. The SMILES string of the molecule is CCC(C)(C)NC(=O)c1ccc(NC(=O)C(CC)(CC)CN)cc1.Cl. The van der Waals surface area contributed by atoms with E-state index in [0.717, 1.165) is 6.42 Å². The van der Waals surface area contributed by atoms with Gasteiger partial charge >= 0.3 is 0 Å². The summed E-state index contributed by atoms with van der Waals surface area (Å²) in [6.07, 6.45) is 2.24. The smallest absolute Gasteiger partial charge is 0.251 e. The van der Waals surface area contributed by atoms with Crippen molar-refractivity contribution in [3.05, 3.63) is 29.8 Å². The van der Waals surface area contributed by atoms with Crippen LogP contribution in [0.1, 0.15) is 64.2 Å². The predicted molar refractivity (Wildman–Crippen MR) is 106 cm³/mol. The average molecular weight is 370 g/mol. The molecule has 25 heavy (non-hydrogen) atoms. The molecule has 6 heteroatoms. The quantitative estimate of drug-likeness (QED) is 0.652. The molecule has 1 aromatic carbocycles. The first-order valence-corrected chi connectivity index (χ1v) is 8.67. The van der Waals surface area contributed by atoms with Gasteiger partial charge in [-0.2, -0.15) is 0 Å². The maximum atomic E-state index is 12.5. The first-order valence-electron chi connectivity index (χ1n) is 8.67. The Morgan fingerprint density at radius 3 is 1.92 bits per heavy atom. The standard InChI is InChI=1S/C19H31N3O2.ClH/c1-6-18(4,5)22-16(23)14-9-11-15(12-10-14)21-17(24)19(7-2,8-3)13-20;/h9-12H,6-8,13,20H2,1-5H3,(H,21,24)(H,22,23);1H. The molecule has 0 saturated heterocycles. The lowest BCUT2D eigenvalue weighted by Crippen LogP contribution is -2.42. The maximum absolute atomic E-state index is 12.5. The van der Waals surface area contributed by atoms with Gasteiger partial charge in [0.1, 0.15) is 0 Å². The number of benzene rings is 1. The summed E-state index contributed by atoms with van der Waals surface area (Å²) in [5, 5.41) is 5.90. The van der Waals surface area contributed by atoms with E-state index >= 15 is 0 Å². The minimum atomic E-state index is -0.540. The summed E-state index contributed by atoms with van der Waals surface area (Å²) in [4.78, 5) is 24.7. The van der Waals surface area contributed by atoms with Gasteiger partial charge in [-0.15, -0.1) is 12.4 Å². The molecule has 2 amide bonds. The van der Waals surface area contributed by atoms with Crippen LogP contribution >= 0.6 is 12.4 Å². The zero-order valence-corrected chi connectivity index (χ0v) is 16.8. The van der Waals surface area contributed by atoms with Crippen molar-refractivity contribution in [3.8, 4) is 0 Å². The zero-order valence-electron chi connectivity index (χ0n) is 15.9. The van der Waals surface area contributed by atoms with Crippen LogP contribution in [-0.4, -0.2) is 23.9 Å². The molecule has 0 spiro atoms. The van der Waals surface area contributed by atoms with Crippen LogP contribution in [0.3, 0.4) is 0 Å². The number of anilines is 1. The van der Waals surface area contributed by atoms with Gasteiger partial charge in [-0.05, 0) is 57.4 Å². The van der Waals surface area contributed by atoms with Crippen molar-refractivity contribution in [1.82, 2.24) is 5.32 Å². The molecule has 0 unspecified atom stereocenters. The van der Waals surface area contributed by atoms with Crippen molar-refractivity contribution in [2.24, 2.45) is 11.1 Å². The first-order chi connectivity index (χ1) is 11.2. The van der Waals surface area contributed by atoms with E-state index in [0.29, 0.717) is 30.6 Å². The molecule has 0 saturated carbocycles. The van der Waals surface area contributed by atoms with Gasteiger partial charge in [-0.1, -0.05) is 20.8 Å². The Balaban J connectivity index is 0.00000576. The highest BCUT2D eigenvalue weighted by atomic mass is 35.5. The molecule has 1 rings (SSSR count). The summed E-state index contributed by atoms with van der Waals surface area (Å²) in [6.45, 7) is 10.3. The van der Waals surface area contributed by atoms with Crippen molar-refractivity contribution in [1.29, 1.82) is 0 Å². The van der Waals surface area contributed by atoms with E-state index in [1.54, 1.807) is 24.3 Å². The number of hydrogen-bond donors (Lipinski definition) is 3. The number of carbonyl (C=O) groups excluding carboxylic acids is 2. The van der Waals surface area contributed by atoms with E-state index in [1.807, 2.05) is 34.6 Å². The lowest BCUT2D eigenvalue weighted by Gasteiger charge is -2.28. The fraction of sp³-hybridized carbons (Fsp3) is 0.579. The van der Waals surface area contributed by atoms with Crippen molar-refractivity contribution in [3.63, 3.8) is 0 Å². The summed E-state index contributed by atoms with van der Waals surface area (Å²) in [5.41, 5.74) is 6.27. The third kappa shape index (κ3) is 6.01. The van der Waals surface area contributed by atoms with E-state index in [4.69, 9.17) is 5.73 Å². The van der Waals surface area contributed by atoms with Crippen molar-refractivity contribution < 1.29 is 9.59 Å². The van der Waals surface area contributed by atoms with Crippen LogP contribution in [0.4, 0.5) is 5.69 Å². The first kappa shape index (κ1) is 23.4.